The number of hydrogen-bond acceptors (Lipinski definition) is 3. The topological polar surface area (TPSA) is 35.5 Å². The van der Waals surface area contributed by atoms with Gasteiger partial charge in [-0.15, -0.1) is 0 Å². The predicted octanol–water partition coefficient (Wildman–Crippen LogP) is 2.82. The van der Waals surface area contributed by atoms with Gasteiger partial charge in [0.2, 0.25) is 0 Å². The number of nitrogens with one attached hydrogen (secondary N) is 1. The van der Waals surface area contributed by atoms with Crippen molar-refractivity contribution in [3.05, 3.63) is 27.7 Å². The highest BCUT2D eigenvalue weighted by Crippen LogP contribution is 2.48. The number of nitrogens with zero attached hydrogens (tertiary/aromatic N) is 1. The van der Waals surface area contributed by atoms with Crippen molar-refractivity contribution in [3.8, 4) is 5.75 Å². The first-order chi connectivity index (χ1) is 9.16. The van der Waals surface area contributed by atoms with E-state index in [2.05, 4.69) is 32.2 Å². The molecule has 0 radical (unpaired) electrons. The maximum absolute atomic E-state index is 10.4. The lowest BCUT2D eigenvalue weighted by atomic mass is 9.97. The van der Waals surface area contributed by atoms with Gasteiger partial charge in [-0.05, 0) is 43.4 Å². The zero-order valence-corrected chi connectivity index (χ0v) is 12.9. The van der Waals surface area contributed by atoms with Crippen LogP contribution < -0.4 is 5.32 Å². The van der Waals surface area contributed by atoms with Gasteiger partial charge in [-0.2, -0.15) is 0 Å². The number of halogens is 1. The molecule has 0 spiro atoms. The van der Waals surface area contributed by atoms with E-state index in [1.54, 1.807) is 0 Å². The Morgan fingerprint density at radius 2 is 2.00 bits per heavy atom. The number of aromatic hydroxyl groups is 1. The lowest BCUT2D eigenvalue weighted by Gasteiger charge is -2.36. The summed E-state index contributed by atoms with van der Waals surface area (Å²) >= 11 is 3.57. The average Bonchev–Trinajstić information content (AvgIpc) is 3.21. The van der Waals surface area contributed by atoms with Crippen LogP contribution in [0.15, 0.2) is 16.6 Å². The Kier molecular flexibility index (Phi) is 3.83. The summed E-state index contributed by atoms with van der Waals surface area (Å²) in [4.78, 5) is 2.54. The van der Waals surface area contributed by atoms with E-state index >= 15 is 0 Å². The highest BCUT2D eigenvalue weighted by atomic mass is 79.9. The van der Waals surface area contributed by atoms with Crippen LogP contribution in [0.1, 0.15) is 30.0 Å². The maximum atomic E-state index is 10.4. The van der Waals surface area contributed by atoms with Crippen molar-refractivity contribution in [1.82, 2.24) is 10.2 Å². The third kappa shape index (κ3) is 2.81. The summed E-state index contributed by atoms with van der Waals surface area (Å²) in [6.07, 6.45) is 2.58. The molecule has 19 heavy (non-hydrogen) atoms. The molecule has 1 saturated heterocycles. The summed E-state index contributed by atoms with van der Waals surface area (Å²) in [5.74, 6) is 1.20. The van der Waals surface area contributed by atoms with Gasteiger partial charge in [-0.1, -0.05) is 15.9 Å². The summed E-state index contributed by atoms with van der Waals surface area (Å²) in [7, 11) is 0. The van der Waals surface area contributed by atoms with E-state index < -0.39 is 0 Å². The van der Waals surface area contributed by atoms with E-state index in [9.17, 15) is 5.11 Å². The Morgan fingerprint density at radius 1 is 1.32 bits per heavy atom. The van der Waals surface area contributed by atoms with Crippen LogP contribution in [0, 0.1) is 12.8 Å². The SMILES string of the molecule is Cc1cc(Br)cc([C@@H](C2CC2)N2CCNCC2)c1O. The normalized spacial score (nSPS) is 22.4. The van der Waals surface area contributed by atoms with Crippen LogP contribution in [-0.2, 0) is 0 Å². The minimum Gasteiger partial charge on any atom is -0.507 e. The predicted molar refractivity (Wildman–Crippen MR) is 80.5 cm³/mol. The van der Waals surface area contributed by atoms with Crippen molar-refractivity contribution in [2.24, 2.45) is 5.92 Å². The van der Waals surface area contributed by atoms with Crippen LogP contribution >= 0.6 is 15.9 Å². The van der Waals surface area contributed by atoms with Crippen LogP contribution in [-0.4, -0.2) is 36.2 Å². The van der Waals surface area contributed by atoms with Crippen LogP contribution in [0.5, 0.6) is 5.75 Å². The average molecular weight is 325 g/mol. The molecule has 2 fully saturated rings. The number of benzene rings is 1. The fourth-order valence-electron chi connectivity index (χ4n) is 3.11. The van der Waals surface area contributed by atoms with E-state index in [4.69, 9.17) is 0 Å². The number of hydrogen-bond donors (Lipinski definition) is 2. The van der Waals surface area contributed by atoms with Crippen LogP contribution in [0.3, 0.4) is 0 Å². The lowest BCUT2D eigenvalue weighted by molar-refractivity contribution is 0.153. The van der Waals surface area contributed by atoms with Crippen molar-refractivity contribution >= 4 is 15.9 Å². The van der Waals surface area contributed by atoms with Crippen molar-refractivity contribution in [3.63, 3.8) is 0 Å². The van der Waals surface area contributed by atoms with Crippen LogP contribution in [0.4, 0.5) is 0 Å². The molecule has 0 amide bonds. The fraction of sp³-hybridized carbons (Fsp3) is 0.600. The smallest absolute Gasteiger partial charge is 0.123 e. The molecule has 1 aromatic rings. The minimum atomic E-state index is 0.387. The molecule has 1 aromatic carbocycles. The molecule has 2 aliphatic rings. The van der Waals surface area contributed by atoms with Crippen LogP contribution in [0.25, 0.3) is 0 Å². The van der Waals surface area contributed by atoms with Gasteiger partial charge >= 0.3 is 0 Å². The largest absolute Gasteiger partial charge is 0.507 e. The van der Waals surface area contributed by atoms with Gasteiger partial charge in [0.05, 0.1) is 0 Å². The maximum Gasteiger partial charge on any atom is 0.123 e. The molecule has 1 saturated carbocycles. The molecule has 1 heterocycles. The third-order valence-electron chi connectivity index (χ3n) is 4.23. The van der Waals surface area contributed by atoms with Crippen molar-refractivity contribution in [2.75, 3.05) is 26.2 Å². The summed E-state index contributed by atoms with van der Waals surface area (Å²) in [5, 5.41) is 13.8. The molecule has 0 bridgehead atoms. The van der Waals surface area contributed by atoms with Crippen LogP contribution in [0.2, 0.25) is 0 Å². The minimum absolute atomic E-state index is 0.387. The molecule has 2 N–H and O–H groups in total. The van der Waals surface area contributed by atoms with E-state index in [1.165, 1.54) is 12.8 Å². The van der Waals surface area contributed by atoms with Gasteiger partial charge in [0.15, 0.2) is 0 Å². The Morgan fingerprint density at radius 3 is 2.63 bits per heavy atom. The van der Waals surface area contributed by atoms with E-state index in [1.807, 2.05) is 13.0 Å². The zero-order chi connectivity index (χ0) is 13.4. The monoisotopic (exact) mass is 324 g/mol. The summed E-state index contributed by atoms with van der Waals surface area (Å²) in [5.41, 5.74) is 2.07. The first kappa shape index (κ1) is 13.4. The van der Waals surface area contributed by atoms with Gasteiger partial charge in [-0.3, -0.25) is 4.90 Å². The molecule has 0 unspecified atom stereocenters. The molecule has 3 nitrogen and oxygen atoms in total. The van der Waals surface area contributed by atoms with Gasteiger partial charge < -0.3 is 10.4 Å². The van der Waals surface area contributed by atoms with Gasteiger partial charge in [0, 0.05) is 42.3 Å². The molecule has 104 valence electrons. The highest BCUT2D eigenvalue weighted by Gasteiger charge is 2.38. The van der Waals surface area contributed by atoms with E-state index in [0.29, 0.717) is 11.8 Å². The van der Waals surface area contributed by atoms with E-state index in [0.717, 1.165) is 47.7 Å². The Hall–Kier alpha value is -0.580. The van der Waals surface area contributed by atoms with Crippen molar-refractivity contribution < 1.29 is 5.11 Å². The molecular formula is C15H21BrN2O. The number of phenols is 1. The highest BCUT2D eigenvalue weighted by molar-refractivity contribution is 9.10. The molecule has 1 aliphatic carbocycles. The Balaban J connectivity index is 1.95. The fourth-order valence-corrected chi connectivity index (χ4v) is 3.70. The molecule has 0 aromatic heterocycles. The molecular weight excluding hydrogens is 304 g/mol. The van der Waals surface area contributed by atoms with Crippen molar-refractivity contribution in [1.29, 1.82) is 0 Å². The number of rotatable bonds is 3. The molecule has 4 heteroatoms. The second kappa shape index (κ2) is 5.43. The van der Waals surface area contributed by atoms with Gasteiger partial charge in [-0.25, -0.2) is 0 Å². The lowest BCUT2D eigenvalue weighted by Crippen LogP contribution is -2.45. The van der Waals surface area contributed by atoms with Gasteiger partial charge in [0.1, 0.15) is 5.75 Å². The van der Waals surface area contributed by atoms with Gasteiger partial charge in [0.25, 0.3) is 0 Å². The van der Waals surface area contributed by atoms with Crippen molar-refractivity contribution in [2.45, 2.75) is 25.8 Å². The second-order valence-corrected chi connectivity index (χ2v) is 6.64. The molecule has 1 atom stereocenters. The number of piperazine rings is 1. The Labute approximate surface area is 123 Å². The number of phenolic OH excluding ortho intramolecular Hbond substituents is 1. The molecule has 3 rings (SSSR count). The van der Waals surface area contributed by atoms with E-state index in [-0.39, 0.29) is 0 Å². The second-order valence-electron chi connectivity index (χ2n) is 5.73. The quantitative estimate of drug-likeness (QED) is 0.897. The summed E-state index contributed by atoms with van der Waals surface area (Å²) in [6, 6.07) is 4.48. The first-order valence-electron chi connectivity index (χ1n) is 7.10. The first-order valence-corrected chi connectivity index (χ1v) is 7.90. The summed E-state index contributed by atoms with van der Waals surface area (Å²) in [6.45, 7) is 6.23. The zero-order valence-electron chi connectivity index (χ0n) is 11.3. The standard InChI is InChI=1S/C15H21BrN2O/c1-10-8-12(16)9-13(15(10)19)14(11-2-3-11)18-6-4-17-5-7-18/h8-9,11,14,17,19H,2-7H2,1H3/t14-/m1/s1. The number of aryl methyl sites for hydroxylation is 1. The molecule has 1 aliphatic heterocycles. The third-order valence-corrected chi connectivity index (χ3v) is 4.68. The summed E-state index contributed by atoms with van der Waals surface area (Å²) < 4.78 is 1.07. The Bertz CT molecular complexity index is 467.